The minimum absolute atomic E-state index is 0.00361. The predicted octanol–water partition coefficient (Wildman–Crippen LogP) is 1.16. The van der Waals surface area contributed by atoms with Crippen molar-refractivity contribution < 1.29 is 129 Å². The van der Waals surface area contributed by atoms with Crippen LogP contribution in [0.5, 0.6) is 11.5 Å². The molecule has 11 amide bonds. The summed E-state index contributed by atoms with van der Waals surface area (Å²) < 4.78 is 83.9. The quantitative estimate of drug-likeness (QED) is 0.0409. The highest BCUT2D eigenvalue weighted by Crippen LogP contribution is 2.37. The Bertz CT molecular complexity index is 3010. The molecular formula is C81H135N11O27. The molecule has 0 aliphatic carbocycles. The number of carbonyl (C=O) groups excluding carboxylic acids is 11. The fourth-order valence-electron chi connectivity index (χ4n) is 14.7. The largest absolute Gasteiger partial charge is 0.484 e. The molecule has 4 saturated heterocycles. The number of carboxylic acid groups (broad SMARTS) is 1. The lowest BCUT2D eigenvalue weighted by molar-refractivity contribution is -0.239. The number of nitrogens with zero attached hydrogens (tertiary/aromatic N) is 2. The fraction of sp³-hybridized carbons (Fsp3) is 0.778. The third kappa shape index (κ3) is 35.2. The van der Waals surface area contributed by atoms with Crippen LogP contribution in [0.2, 0.25) is 0 Å². The Morgan fingerprint density at radius 2 is 0.605 bits per heavy atom. The lowest BCUT2D eigenvalue weighted by atomic mass is 9.81. The molecule has 4 aliphatic rings. The van der Waals surface area contributed by atoms with Gasteiger partial charge in [-0.25, -0.2) is 0 Å². The average molecular weight is 1700 g/mol. The van der Waals surface area contributed by atoms with Crippen LogP contribution in [-0.2, 0) is 110 Å². The molecule has 5 rings (SSSR count). The zero-order chi connectivity index (χ0) is 87.8. The van der Waals surface area contributed by atoms with E-state index in [1.165, 1.54) is 33.8 Å². The van der Waals surface area contributed by atoms with E-state index in [0.29, 0.717) is 0 Å². The van der Waals surface area contributed by atoms with Gasteiger partial charge in [0.15, 0.2) is 38.4 Å². The molecule has 38 heteroatoms. The first-order valence-corrected chi connectivity index (χ1v) is 41.7. The highest BCUT2D eigenvalue weighted by molar-refractivity contribution is 5.97. The van der Waals surface area contributed by atoms with Gasteiger partial charge < -0.3 is 129 Å². The molecule has 0 bridgehead atoms. The lowest BCUT2D eigenvalue weighted by Crippen LogP contribution is -2.57. The minimum Gasteiger partial charge on any atom is -0.484 e. The van der Waals surface area contributed by atoms with Gasteiger partial charge in [0.25, 0.3) is 17.7 Å². The van der Waals surface area contributed by atoms with Gasteiger partial charge in [0.1, 0.15) is 44.2 Å². The molecule has 4 aliphatic heterocycles. The maximum atomic E-state index is 14.3. The summed E-state index contributed by atoms with van der Waals surface area (Å²) in [5.41, 5.74) is -0.275. The number of nitrogens with one attached hydrogen (secondary N) is 9. The smallest absolute Gasteiger partial charge is 0.322 e. The summed E-state index contributed by atoms with van der Waals surface area (Å²) in [7, 11) is 0. The maximum Gasteiger partial charge on any atom is 0.322 e. The minimum atomic E-state index is -1.39. The number of carboxylic acids is 1. The number of ether oxygens (including phenoxy) is 14. The van der Waals surface area contributed by atoms with Gasteiger partial charge in [-0.2, -0.15) is 0 Å². The highest BCUT2D eigenvalue weighted by atomic mass is 16.7. The summed E-state index contributed by atoms with van der Waals surface area (Å²) in [6, 6.07) is 1.87. The molecule has 0 aromatic heterocycles. The Hall–Kier alpha value is -8.02. The van der Waals surface area contributed by atoms with Crippen LogP contribution in [0.3, 0.4) is 0 Å². The van der Waals surface area contributed by atoms with Crippen molar-refractivity contribution in [3.63, 3.8) is 0 Å². The molecule has 0 radical (unpaired) electrons. The van der Waals surface area contributed by atoms with Crippen molar-refractivity contribution in [2.45, 2.75) is 210 Å². The molecular weight excluding hydrogens is 1560 g/mol. The third-order valence-corrected chi connectivity index (χ3v) is 22.1. The second kappa shape index (κ2) is 53.7. The van der Waals surface area contributed by atoms with E-state index in [1.54, 1.807) is 0 Å². The third-order valence-electron chi connectivity index (χ3n) is 22.1. The van der Waals surface area contributed by atoms with E-state index in [9.17, 15) is 62.6 Å². The molecule has 10 N–H and O–H groups in total. The van der Waals surface area contributed by atoms with Crippen LogP contribution >= 0.6 is 0 Å². The van der Waals surface area contributed by atoms with Gasteiger partial charge in [-0.05, 0) is 85.2 Å². The molecule has 4 fully saturated rings. The van der Waals surface area contributed by atoms with E-state index in [0.717, 1.165) is 47.6 Å². The number of amides is 11. The van der Waals surface area contributed by atoms with Gasteiger partial charge in [-0.15, -0.1) is 0 Å². The van der Waals surface area contributed by atoms with Gasteiger partial charge in [-0.1, -0.05) is 83.1 Å². The van der Waals surface area contributed by atoms with Gasteiger partial charge >= 0.3 is 5.97 Å². The topological polar surface area (TPSA) is 469 Å². The van der Waals surface area contributed by atoms with E-state index in [2.05, 4.69) is 75.5 Å². The predicted molar refractivity (Wildman–Crippen MR) is 429 cm³/mol. The van der Waals surface area contributed by atoms with Crippen molar-refractivity contribution in [1.29, 1.82) is 0 Å². The summed E-state index contributed by atoms with van der Waals surface area (Å²) in [4.78, 5) is 158. The number of aliphatic carboxylic acids is 1. The zero-order valence-corrected chi connectivity index (χ0v) is 72.3. The Kier molecular flexibility index (Phi) is 45.8. The van der Waals surface area contributed by atoms with Gasteiger partial charge in [-0.3, -0.25) is 57.5 Å². The van der Waals surface area contributed by atoms with Gasteiger partial charge in [0, 0.05) is 65.5 Å². The Morgan fingerprint density at radius 1 is 0.353 bits per heavy atom. The lowest BCUT2D eigenvalue weighted by Gasteiger charge is -2.44. The molecule has 20 unspecified atom stereocenters. The number of benzene rings is 1. The summed E-state index contributed by atoms with van der Waals surface area (Å²) in [5.74, 6) is -7.53. The van der Waals surface area contributed by atoms with Crippen LogP contribution in [0.25, 0.3) is 0 Å². The molecule has 1 aromatic rings. The first-order valence-electron chi connectivity index (χ1n) is 41.7. The van der Waals surface area contributed by atoms with Crippen molar-refractivity contribution in [2.24, 2.45) is 47.3 Å². The zero-order valence-electron chi connectivity index (χ0n) is 72.3. The molecule has 119 heavy (non-hydrogen) atoms. The molecule has 0 saturated carbocycles. The van der Waals surface area contributed by atoms with Crippen molar-refractivity contribution in [2.75, 3.05) is 151 Å². The van der Waals surface area contributed by atoms with Crippen LogP contribution in [0.15, 0.2) is 18.2 Å². The number of hydrogen-bond acceptors (Lipinski definition) is 26. The van der Waals surface area contributed by atoms with Crippen molar-refractivity contribution in [3.8, 4) is 11.5 Å². The number of hydrogen-bond donors (Lipinski definition) is 10. The summed E-state index contributed by atoms with van der Waals surface area (Å²) in [5, 5.41) is 34.1. The standard InChI is InChI=1S/C81H135N11O27/c1-17-62-47(5)51(9)73(87-55(13)93)78(116-62)110-33-29-106-25-21-82-66(97)41-91(42-67(98)83-22-26-107-30-34-111-79-74(88-56(14)94)52(10)48(6)63(18-2)117-79)70(101)45-114-60-37-59(77(105)86-40-72(103)104)38-61(39-60)115-46-71(102)92(43-68(99)84-23-27-108-31-35-112-80-75(89-57(15)95)53(11)49(7)64(19-3)118-80)44-69(100)85-24-28-109-32-36-113-81-76(90-58(16)96)54(12)50(8)65(20-4)119-81/h37-39,47-54,62-65,73-76,78-81H,17-36,40-46H2,1-16H3,(H,82,97)(H,83,98)(H,84,99)(H,85,100)(H,86,105)(H,87,93)(H,88,94)(H,89,95)(H,90,96)(H,103,104). The summed E-state index contributed by atoms with van der Waals surface area (Å²) >= 11 is 0. The average Bonchev–Trinajstić information content (AvgIpc) is 0.826. The second-order valence-electron chi connectivity index (χ2n) is 30.8. The van der Waals surface area contributed by atoms with E-state index in [1.807, 2.05) is 55.4 Å². The molecule has 676 valence electrons. The summed E-state index contributed by atoms with van der Waals surface area (Å²) in [6.45, 7) is 25.5. The maximum absolute atomic E-state index is 14.3. The van der Waals surface area contributed by atoms with Gasteiger partial charge in [0.05, 0.1) is 128 Å². The first kappa shape index (κ1) is 102. The van der Waals surface area contributed by atoms with Crippen LogP contribution in [0, 0.1) is 47.3 Å². The van der Waals surface area contributed by atoms with Crippen molar-refractivity contribution in [1.82, 2.24) is 57.7 Å². The van der Waals surface area contributed by atoms with E-state index < -0.39 is 143 Å². The van der Waals surface area contributed by atoms with Gasteiger partial charge in [0.2, 0.25) is 47.3 Å². The molecule has 38 nitrogen and oxygen atoms in total. The Balaban J connectivity index is 1.26. The monoisotopic (exact) mass is 1690 g/mol. The number of carbonyl (C=O) groups is 12. The Labute approximate surface area is 699 Å². The molecule has 20 atom stereocenters. The van der Waals surface area contributed by atoms with Crippen molar-refractivity contribution in [3.05, 3.63) is 23.8 Å². The first-order chi connectivity index (χ1) is 56.7. The second-order valence-corrected chi connectivity index (χ2v) is 30.8. The Morgan fingerprint density at radius 3 is 0.832 bits per heavy atom. The van der Waals surface area contributed by atoms with Crippen molar-refractivity contribution >= 4 is 70.9 Å². The molecule has 0 spiro atoms. The van der Waals surface area contributed by atoms with Crippen LogP contribution in [0.1, 0.15) is 147 Å². The van der Waals surface area contributed by atoms with E-state index in [4.69, 9.17) is 66.3 Å². The normalized spacial score (nSPS) is 26.6. The van der Waals surface area contributed by atoms with E-state index in [-0.39, 0.29) is 218 Å². The molecule has 4 heterocycles. The van der Waals surface area contributed by atoms with E-state index >= 15 is 0 Å². The van der Waals surface area contributed by atoms with Crippen LogP contribution < -0.4 is 57.3 Å². The SMILES string of the molecule is CCC1OC(OCCOCCNC(=O)CN(CC(=O)NCCOCCOC2OC(CC)C(C)C(C)C2NC(C)=O)C(=O)COc2cc(OCC(=O)N(CC(=O)NCCOCCOC3OC(CC)C(C)C(C)C3NC(C)=O)CC(=O)NCCOCCOC3OC(CC)C(C)C(C)C3NC(C)=O)cc(C(=O)NCC(=O)O)c2)C(NC(C)=O)C(C)C1C. The summed E-state index contributed by atoms with van der Waals surface area (Å²) in [6.07, 6.45) is -0.288. The number of rotatable bonds is 53. The highest BCUT2D eigenvalue weighted by Gasteiger charge is 2.46. The van der Waals surface area contributed by atoms with Crippen LogP contribution in [0.4, 0.5) is 0 Å². The molecule has 1 aromatic carbocycles. The fourth-order valence-corrected chi connectivity index (χ4v) is 14.7. The van der Waals surface area contributed by atoms with Crippen LogP contribution in [-0.4, -0.2) is 311 Å².